The van der Waals surface area contributed by atoms with Crippen LogP contribution in [0.4, 0.5) is 10.1 Å². The number of nitrogens with one attached hydrogen (secondary N) is 2. The minimum absolute atomic E-state index is 0.234. The molecule has 0 bridgehead atoms. The highest BCUT2D eigenvalue weighted by Crippen LogP contribution is 2.18. The van der Waals surface area contributed by atoms with Gasteiger partial charge in [0.1, 0.15) is 5.82 Å². The maximum absolute atomic E-state index is 13.6. The van der Waals surface area contributed by atoms with Gasteiger partial charge in [0.25, 0.3) is 5.91 Å². The third-order valence-electron chi connectivity index (χ3n) is 3.28. The Bertz CT molecular complexity index is 599. The van der Waals surface area contributed by atoms with E-state index in [1.165, 1.54) is 17.7 Å². The van der Waals surface area contributed by atoms with Gasteiger partial charge in [0.15, 0.2) is 0 Å². The average Bonchev–Trinajstić information content (AvgIpc) is 2.52. The van der Waals surface area contributed by atoms with Crippen LogP contribution >= 0.6 is 0 Å². The van der Waals surface area contributed by atoms with Crippen LogP contribution in [0.2, 0.25) is 0 Å². The van der Waals surface area contributed by atoms with Gasteiger partial charge < -0.3 is 10.6 Å². The maximum atomic E-state index is 13.6. The van der Waals surface area contributed by atoms with Crippen molar-refractivity contribution in [2.45, 2.75) is 12.8 Å². The third kappa shape index (κ3) is 4.05. The largest absolute Gasteiger partial charge is 0.385 e. The second kappa shape index (κ2) is 7.43. The molecule has 0 atom stereocenters. The van der Waals surface area contributed by atoms with E-state index in [-0.39, 0.29) is 11.6 Å². The summed E-state index contributed by atoms with van der Waals surface area (Å²) in [6, 6.07) is 14.6. The molecule has 0 aliphatic heterocycles. The van der Waals surface area contributed by atoms with Gasteiger partial charge in [-0.1, -0.05) is 36.4 Å². The van der Waals surface area contributed by atoms with Gasteiger partial charge in [-0.05, 0) is 30.5 Å². The zero-order valence-electron chi connectivity index (χ0n) is 12.0. The van der Waals surface area contributed by atoms with Crippen LogP contribution in [0.1, 0.15) is 22.3 Å². The summed E-state index contributed by atoms with van der Waals surface area (Å²) in [7, 11) is 1.60. The molecule has 0 aliphatic rings. The average molecular weight is 286 g/mol. The highest BCUT2D eigenvalue weighted by Gasteiger charge is 2.13. The quantitative estimate of drug-likeness (QED) is 0.800. The second-order valence-electron chi connectivity index (χ2n) is 4.76. The highest BCUT2D eigenvalue weighted by molar-refractivity contribution is 5.99. The van der Waals surface area contributed by atoms with Crippen LogP contribution in [0.15, 0.2) is 48.5 Å². The van der Waals surface area contributed by atoms with Crippen molar-refractivity contribution in [1.29, 1.82) is 0 Å². The molecular formula is C17H19FN2O. The molecule has 0 unspecified atom stereocenters. The number of amides is 1. The normalized spacial score (nSPS) is 10.2. The number of carbonyl (C=O) groups excluding carboxylic acids is 1. The molecule has 0 aromatic heterocycles. The molecule has 2 aromatic rings. The summed E-state index contributed by atoms with van der Waals surface area (Å²) < 4.78 is 13.6. The standard InChI is InChI=1S/C17H19FN2O/c1-19-16-14(10-5-11-15(16)18)17(21)20-12-6-9-13-7-3-2-4-8-13/h2-5,7-8,10-11,19H,6,9,12H2,1H3,(H,20,21). The Morgan fingerprint density at radius 3 is 2.57 bits per heavy atom. The summed E-state index contributed by atoms with van der Waals surface area (Å²) in [6.07, 6.45) is 1.75. The van der Waals surface area contributed by atoms with Crippen molar-refractivity contribution in [3.05, 3.63) is 65.5 Å². The second-order valence-corrected chi connectivity index (χ2v) is 4.76. The molecule has 0 heterocycles. The van der Waals surface area contributed by atoms with Gasteiger partial charge in [0.05, 0.1) is 11.3 Å². The lowest BCUT2D eigenvalue weighted by Gasteiger charge is -2.10. The lowest BCUT2D eigenvalue weighted by molar-refractivity contribution is 0.0953. The van der Waals surface area contributed by atoms with Gasteiger partial charge >= 0.3 is 0 Å². The van der Waals surface area contributed by atoms with Crippen LogP contribution in [-0.2, 0) is 6.42 Å². The fourth-order valence-electron chi connectivity index (χ4n) is 2.20. The van der Waals surface area contributed by atoms with Gasteiger partial charge in [0.2, 0.25) is 0 Å². The van der Waals surface area contributed by atoms with Crippen LogP contribution in [-0.4, -0.2) is 19.5 Å². The molecule has 21 heavy (non-hydrogen) atoms. The predicted molar refractivity (Wildman–Crippen MR) is 83.0 cm³/mol. The molecule has 2 aromatic carbocycles. The maximum Gasteiger partial charge on any atom is 0.253 e. The van der Waals surface area contributed by atoms with E-state index < -0.39 is 5.82 Å². The molecule has 1 amide bonds. The Balaban J connectivity index is 1.86. The Morgan fingerprint density at radius 1 is 1.10 bits per heavy atom. The number of benzene rings is 2. The van der Waals surface area contributed by atoms with Crippen molar-refractivity contribution >= 4 is 11.6 Å². The number of anilines is 1. The van der Waals surface area contributed by atoms with Crippen molar-refractivity contribution < 1.29 is 9.18 Å². The predicted octanol–water partition coefficient (Wildman–Crippen LogP) is 3.23. The number of para-hydroxylation sites is 1. The van der Waals surface area contributed by atoms with Gasteiger partial charge in [-0.25, -0.2) is 4.39 Å². The Labute approximate surface area is 124 Å². The first-order chi connectivity index (χ1) is 10.2. The molecule has 0 saturated carbocycles. The third-order valence-corrected chi connectivity index (χ3v) is 3.28. The zero-order chi connectivity index (χ0) is 15.1. The molecule has 3 nitrogen and oxygen atoms in total. The van der Waals surface area contributed by atoms with Crippen LogP contribution < -0.4 is 10.6 Å². The number of rotatable bonds is 6. The lowest BCUT2D eigenvalue weighted by Crippen LogP contribution is -2.25. The van der Waals surface area contributed by atoms with Crippen molar-refractivity contribution in [2.24, 2.45) is 0 Å². The Morgan fingerprint density at radius 2 is 1.86 bits per heavy atom. The molecule has 0 aliphatic carbocycles. The summed E-state index contributed by atoms with van der Waals surface area (Å²) in [4.78, 5) is 12.1. The molecule has 110 valence electrons. The van der Waals surface area contributed by atoms with E-state index in [0.29, 0.717) is 12.1 Å². The van der Waals surface area contributed by atoms with E-state index in [0.717, 1.165) is 12.8 Å². The van der Waals surface area contributed by atoms with Crippen molar-refractivity contribution in [3.8, 4) is 0 Å². The Kier molecular flexibility index (Phi) is 5.32. The molecular weight excluding hydrogens is 267 g/mol. The van der Waals surface area contributed by atoms with E-state index >= 15 is 0 Å². The molecule has 0 radical (unpaired) electrons. The van der Waals surface area contributed by atoms with Crippen molar-refractivity contribution in [2.75, 3.05) is 18.9 Å². The topological polar surface area (TPSA) is 41.1 Å². The van der Waals surface area contributed by atoms with Crippen LogP contribution in [0.3, 0.4) is 0 Å². The lowest BCUT2D eigenvalue weighted by atomic mass is 10.1. The summed E-state index contributed by atoms with van der Waals surface area (Å²) in [6.45, 7) is 0.563. The van der Waals surface area contributed by atoms with Crippen molar-refractivity contribution in [1.82, 2.24) is 5.32 Å². The minimum atomic E-state index is -0.422. The zero-order valence-corrected chi connectivity index (χ0v) is 12.0. The molecule has 0 fully saturated rings. The van der Waals surface area contributed by atoms with E-state index in [2.05, 4.69) is 22.8 Å². The van der Waals surface area contributed by atoms with E-state index in [1.54, 1.807) is 13.1 Å². The highest BCUT2D eigenvalue weighted by atomic mass is 19.1. The molecule has 2 N–H and O–H groups in total. The van der Waals surface area contributed by atoms with Gasteiger partial charge in [-0.3, -0.25) is 4.79 Å². The van der Waals surface area contributed by atoms with E-state index in [9.17, 15) is 9.18 Å². The van der Waals surface area contributed by atoms with Gasteiger partial charge in [-0.15, -0.1) is 0 Å². The first-order valence-electron chi connectivity index (χ1n) is 7.00. The summed E-state index contributed by atoms with van der Waals surface area (Å²) >= 11 is 0. The number of hydrogen-bond donors (Lipinski definition) is 2. The first-order valence-corrected chi connectivity index (χ1v) is 7.00. The summed E-state index contributed by atoms with van der Waals surface area (Å²) in [5.41, 5.74) is 1.81. The molecule has 0 saturated heterocycles. The number of carbonyl (C=O) groups is 1. The van der Waals surface area contributed by atoms with Crippen LogP contribution in [0.5, 0.6) is 0 Å². The summed E-state index contributed by atoms with van der Waals surface area (Å²) in [5.74, 6) is -0.679. The molecule has 0 spiro atoms. The number of halogens is 1. The van der Waals surface area contributed by atoms with Crippen molar-refractivity contribution in [3.63, 3.8) is 0 Å². The fraction of sp³-hybridized carbons (Fsp3) is 0.235. The first kappa shape index (κ1) is 15.0. The van der Waals surface area contributed by atoms with Gasteiger partial charge in [0, 0.05) is 13.6 Å². The number of hydrogen-bond acceptors (Lipinski definition) is 2. The smallest absolute Gasteiger partial charge is 0.253 e. The molecule has 2 rings (SSSR count). The molecule has 4 heteroatoms. The number of aryl methyl sites for hydroxylation is 1. The monoisotopic (exact) mass is 286 g/mol. The van der Waals surface area contributed by atoms with E-state index in [4.69, 9.17) is 0 Å². The minimum Gasteiger partial charge on any atom is -0.385 e. The van der Waals surface area contributed by atoms with Crippen LogP contribution in [0, 0.1) is 5.82 Å². The van der Waals surface area contributed by atoms with E-state index in [1.807, 2.05) is 18.2 Å². The fourth-order valence-corrected chi connectivity index (χ4v) is 2.20. The Hall–Kier alpha value is -2.36. The van der Waals surface area contributed by atoms with Crippen LogP contribution in [0.25, 0.3) is 0 Å². The van der Waals surface area contributed by atoms with Gasteiger partial charge in [-0.2, -0.15) is 0 Å². The summed E-state index contributed by atoms with van der Waals surface area (Å²) in [5, 5.41) is 5.55. The SMILES string of the molecule is CNc1c(F)cccc1C(=O)NCCCc1ccccc1.